The standard InChI is InChI=1S/C13H14FNO3/c1-13(6-8-2-4-9(14)5-3-8)7-10(16)15-11(13)12(17)18/h2-5,11H,6-7H2,1H3,(H,15,16)(H,17,18). The molecule has 0 spiro atoms. The van der Waals surface area contributed by atoms with Crippen molar-refractivity contribution in [2.45, 2.75) is 25.8 Å². The van der Waals surface area contributed by atoms with E-state index < -0.39 is 17.4 Å². The third-order valence-corrected chi connectivity index (χ3v) is 3.33. The molecule has 1 aromatic carbocycles. The van der Waals surface area contributed by atoms with Crippen LogP contribution in [-0.2, 0) is 16.0 Å². The summed E-state index contributed by atoms with van der Waals surface area (Å²) in [5.74, 6) is -1.63. The van der Waals surface area contributed by atoms with E-state index >= 15 is 0 Å². The average molecular weight is 251 g/mol. The van der Waals surface area contributed by atoms with Crippen LogP contribution in [0, 0.1) is 11.2 Å². The van der Waals surface area contributed by atoms with E-state index in [0.717, 1.165) is 5.56 Å². The van der Waals surface area contributed by atoms with Gasteiger partial charge in [-0.3, -0.25) is 4.79 Å². The summed E-state index contributed by atoms with van der Waals surface area (Å²) in [7, 11) is 0. The molecule has 2 atom stereocenters. The summed E-state index contributed by atoms with van der Waals surface area (Å²) in [6.45, 7) is 1.76. The van der Waals surface area contributed by atoms with E-state index in [1.54, 1.807) is 19.1 Å². The van der Waals surface area contributed by atoms with E-state index in [9.17, 15) is 14.0 Å². The molecule has 1 heterocycles. The largest absolute Gasteiger partial charge is 0.480 e. The highest BCUT2D eigenvalue weighted by molar-refractivity contribution is 5.89. The minimum Gasteiger partial charge on any atom is -0.480 e. The molecule has 18 heavy (non-hydrogen) atoms. The zero-order valence-corrected chi connectivity index (χ0v) is 9.94. The molecule has 4 nitrogen and oxygen atoms in total. The van der Waals surface area contributed by atoms with Gasteiger partial charge in [0.05, 0.1) is 0 Å². The molecular weight excluding hydrogens is 237 g/mol. The third kappa shape index (κ3) is 2.34. The Kier molecular flexibility index (Phi) is 3.07. The Morgan fingerprint density at radius 1 is 1.50 bits per heavy atom. The van der Waals surface area contributed by atoms with Crippen molar-refractivity contribution in [2.75, 3.05) is 0 Å². The Bertz CT molecular complexity index is 486. The lowest BCUT2D eigenvalue weighted by Gasteiger charge is -2.27. The number of aliphatic carboxylic acids is 1. The van der Waals surface area contributed by atoms with Crippen LogP contribution in [0.1, 0.15) is 18.9 Å². The van der Waals surface area contributed by atoms with Crippen LogP contribution in [0.2, 0.25) is 0 Å². The van der Waals surface area contributed by atoms with Crippen molar-refractivity contribution < 1.29 is 19.1 Å². The first-order valence-electron chi connectivity index (χ1n) is 5.67. The first-order chi connectivity index (χ1) is 8.40. The van der Waals surface area contributed by atoms with Crippen LogP contribution >= 0.6 is 0 Å². The molecule has 1 amide bonds. The second-order valence-corrected chi connectivity index (χ2v) is 4.97. The molecule has 2 unspecified atom stereocenters. The summed E-state index contributed by atoms with van der Waals surface area (Å²) in [5, 5.41) is 11.6. The Labute approximate surface area is 104 Å². The van der Waals surface area contributed by atoms with Gasteiger partial charge in [-0.1, -0.05) is 19.1 Å². The molecular formula is C13H14FNO3. The molecule has 5 heteroatoms. The molecule has 0 radical (unpaired) electrons. The number of amides is 1. The lowest BCUT2D eigenvalue weighted by atomic mass is 9.77. The minimum atomic E-state index is -1.04. The van der Waals surface area contributed by atoms with Crippen LogP contribution < -0.4 is 5.32 Å². The van der Waals surface area contributed by atoms with Gasteiger partial charge >= 0.3 is 5.97 Å². The zero-order valence-electron chi connectivity index (χ0n) is 9.94. The number of carboxylic acids is 1. The number of carbonyl (C=O) groups is 2. The van der Waals surface area contributed by atoms with Gasteiger partial charge in [0.1, 0.15) is 11.9 Å². The van der Waals surface area contributed by atoms with Gasteiger partial charge in [0, 0.05) is 11.8 Å². The Morgan fingerprint density at radius 2 is 2.11 bits per heavy atom. The third-order valence-electron chi connectivity index (χ3n) is 3.33. The SMILES string of the molecule is CC1(Cc2ccc(F)cc2)CC(=O)NC1C(=O)O. The van der Waals surface area contributed by atoms with Crippen molar-refractivity contribution in [3.05, 3.63) is 35.6 Å². The van der Waals surface area contributed by atoms with Crippen molar-refractivity contribution in [3.63, 3.8) is 0 Å². The number of carbonyl (C=O) groups excluding carboxylic acids is 1. The van der Waals surface area contributed by atoms with E-state index in [-0.39, 0.29) is 18.1 Å². The van der Waals surface area contributed by atoms with Crippen LogP contribution in [0.5, 0.6) is 0 Å². The quantitative estimate of drug-likeness (QED) is 0.852. The fourth-order valence-electron chi connectivity index (χ4n) is 2.45. The Morgan fingerprint density at radius 3 is 2.67 bits per heavy atom. The molecule has 1 aliphatic heterocycles. The highest BCUT2D eigenvalue weighted by Gasteiger charge is 2.47. The van der Waals surface area contributed by atoms with E-state index in [4.69, 9.17) is 5.11 Å². The molecule has 0 aromatic heterocycles. The number of hydrogen-bond acceptors (Lipinski definition) is 2. The van der Waals surface area contributed by atoms with Crippen LogP contribution in [0.3, 0.4) is 0 Å². The number of rotatable bonds is 3. The molecule has 2 rings (SSSR count). The van der Waals surface area contributed by atoms with E-state index in [2.05, 4.69) is 5.32 Å². The predicted octanol–water partition coefficient (Wildman–Crippen LogP) is 1.35. The average Bonchev–Trinajstić information content (AvgIpc) is 2.57. The smallest absolute Gasteiger partial charge is 0.326 e. The summed E-state index contributed by atoms with van der Waals surface area (Å²) in [6, 6.07) is 5.00. The molecule has 0 saturated carbocycles. The van der Waals surface area contributed by atoms with Gasteiger partial charge in [-0.05, 0) is 24.1 Å². The molecule has 1 aliphatic rings. The second-order valence-electron chi connectivity index (χ2n) is 4.97. The van der Waals surface area contributed by atoms with Crippen LogP contribution in [0.4, 0.5) is 4.39 Å². The zero-order chi connectivity index (χ0) is 13.3. The van der Waals surface area contributed by atoms with Crippen molar-refractivity contribution >= 4 is 11.9 Å². The number of halogens is 1. The van der Waals surface area contributed by atoms with Gasteiger partial charge < -0.3 is 10.4 Å². The van der Waals surface area contributed by atoms with Crippen molar-refractivity contribution in [1.29, 1.82) is 0 Å². The summed E-state index contributed by atoms with van der Waals surface area (Å²) >= 11 is 0. The topological polar surface area (TPSA) is 66.4 Å². The molecule has 0 aliphatic carbocycles. The van der Waals surface area contributed by atoms with Crippen LogP contribution in [0.25, 0.3) is 0 Å². The number of hydrogen-bond donors (Lipinski definition) is 2. The molecule has 1 saturated heterocycles. The molecule has 1 aromatic rings. The maximum absolute atomic E-state index is 12.8. The van der Waals surface area contributed by atoms with Gasteiger partial charge in [-0.25, -0.2) is 9.18 Å². The Balaban J connectivity index is 2.22. The Hall–Kier alpha value is -1.91. The molecule has 1 fully saturated rings. The maximum Gasteiger partial charge on any atom is 0.326 e. The highest BCUT2D eigenvalue weighted by atomic mass is 19.1. The summed E-state index contributed by atoms with van der Waals surface area (Å²) < 4.78 is 12.8. The summed E-state index contributed by atoms with van der Waals surface area (Å²) in [5.41, 5.74) is 0.141. The van der Waals surface area contributed by atoms with Crippen molar-refractivity contribution in [1.82, 2.24) is 5.32 Å². The fourth-order valence-corrected chi connectivity index (χ4v) is 2.45. The second kappa shape index (κ2) is 4.40. The fraction of sp³-hybridized carbons (Fsp3) is 0.385. The molecule has 0 bridgehead atoms. The molecule has 2 N–H and O–H groups in total. The van der Waals surface area contributed by atoms with Gasteiger partial charge in [0.15, 0.2) is 0 Å². The molecule has 96 valence electrons. The van der Waals surface area contributed by atoms with Gasteiger partial charge in [0.25, 0.3) is 0 Å². The summed E-state index contributed by atoms with van der Waals surface area (Å²) in [6.07, 6.45) is 0.588. The highest BCUT2D eigenvalue weighted by Crippen LogP contribution is 2.35. The van der Waals surface area contributed by atoms with Gasteiger partial charge in [-0.15, -0.1) is 0 Å². The van der Waals surface area contributed by atoms with E-state index in [1.807, 2.05) is 0 Å². The van der Waals surface area contributed by atoms with Crippen molar-refractivity contribution in [2.24, 2.45) is 5.41 Å². The number of carboxylic acid groups (broad SMARTS) is 1. The van der Waals surface area contributed by atoms with E-state index in [1.165, 1.54) is 12.1 Å². The lowest BCUT2D eigenvalue weighted by molar-refractivity contribution is -0.142. The number of nitrogens with one attached hydrogen (secondary N) is 1. The first-order valence-corrected chi connectivity index (χ1v) is 5.67. The van der Waals surface area contributed by atoms with Gasteiger partial charge in [-0.2, -0.15) is 0 Å². The predicted molar refractivity (Wildman–Crippen MR) is 62.4 cm³/mol. The normalized spacial score (nSPS) is 27.0. The van der Waals surface area contributed by atoms with Gasteiger partial charge in [0.2, 0.25) is 5.91 Å². The van der Waals surface area contributed by atoms with Crippen LogP contribution in [-0.4, -0.2) is 23.0 Å². The lowest BCUT2D eigenvalue weighted by Crippen LogP contribution is -2.43. The van der Waals surface area contributed by atoms with Crippen LogP contribution in [0.15, 0.2) is 24.3 Å². The van der Waals surface area contributed by atoms with Crippen molar-refractivity contribution in [3.8, 4) is 0 Å². The monoisotopic (exact) mass is 251 g/mol. The maximum atomic E-state index is 12.8. The minimum absolute atomic E-state index is 0.168. The first kappa shape index (κ1) is 12.5. The summed E-state index contributed by atoms with van der Waals surface area (Å²) in [4.78, 5) is 22.5. The number of benzene rings is 1. The van der Waals surface area contributed by atoms with E-state index in [0.29, 0.717) is 6.42 Å².